The lowest BCUT2D eigenvalue weighted by atomic mass is 10.0. The number of hydrogen-bond donors (Lipinski definition) is 1. The fourth-order valence-electron chi connectivity index (χ4n) is 3.43. The molecule has 1 aliphatic heterocycles. The van der Waals surface area contributed by atoms with Gasteiger partial charge in [0.2, 0.25) is 10.0 Å². The first-order valence-corrected chi connectivity index (χ1v) is 13.0. The summed E-state index contributed by atoms with van der Waals surface area (Å²) in [6.45, 7) is 0.0649. The Morgan fingerprint density at radius 1 is 1.00 bits per heavy atom. The number of hydrazone groups is 1. The van der Waals surface area contributed by atoms with Gasteiger partial charge >= 0.3 is 0 Å². The molecular formula is C22H17BrCl3N3O2S. The second-order valence-corrected chi connectivity index (χ2v) is 11.0. The number of halogens is 4. The zero-order valence-electron chi connectivity index (χ0n) is 16.5. The van der Waals surface area contributed by atoms with Crippen molar-refractivity contribution in [3.05, 3.63) is 91.8 Å². The third-order valence-electron chi connectivity index (χ3n) is 4.98. The van der Waals surface area contributed by atoms with E-state index in [1.807, 2.05) is 24.3 Å². The van der Waals surface area contributed by atoms with Crippen LogP contribution in [0.15, 0.2) is 81.2 Å². The largest absolute Gasteiger partial charge is 0.256 e. The van der Waals surface area contributed by atoms with E-state index in [1.165, 1.54) is 0 Å². The predicted octanol–water partition coefficient (Wildman–Crippen LogP) is 6.70. The minimum Gasteiger partial charge on any atom is -0.256 e. The third-order valence-corrected chi connectivity index (χ3v) is 8.18. The monoisotopic (exact) mass is 571 g/mol. The van der Waals surface area contributed by atoms with Crippen molar-refractivity contribution in [1.29, 1.82) is 0 Å². The second-order valence-electron chi connectivity index (χ2n) is 7.13. The summed E-state index contributed by atoms with van der Waals surface area (Å²) in [5.74, 6) is 0. The van der Waals surface area contributed by atoms with Gasteiger partial charge in [-0.15, -0.1) is 0 Å². The number of nitrogens with one attached hydrogen (secondary N) is 1. The normalized spacial score (nSPS) is 16.3. The summed E-state index contributed by atoms with van der Waals surface area (Å²) < 4.78 is 28.7. The van der Waals surface area contributed by atoms with Crippen molar-refractivity contribution in [2.24, 2.45) is 5.10 Å². The minimum absolute atomic E-state index is 0.0649. The van der Waals surface area contributed by atoms with E-state index in [-0.39, 0.29) is 17.5 Å². The summed E-state index contributed by atoms with van der Waals surface area (Å²) in [4.78, 5) is 0.172. The van der Waals surface area contributed by atoms with E-state index in [2.05, 4.69) is 20.7 Å². The quantitative estimate of drug-likeness (QED) is 0.357. The van der Waals surface area contributed by atoms with Crippen molar-refractivity contribution in [2.75, 3.05) is 11.6 Å². The molecule has 166 valence electrons. The van der Waals surface area contributed by atoms with Crippen LogP contribution in [0, 0.1) is 0 Å². The molecule has 0 spiro atoms. The molecule has 0 bridgehead atoms. The highest BCUT2D eigenvalue weighted by Gasteiger charge is 2.31. The summed E-state index contributed by atoms with van der Waals surface area (Å²) in [7, 11) is -3.72. The summed E-state index contributed by atoms with van der Waals surface area (Å²) in [5.41, 5.74) is 2.33. The molecule has 32 heavy (non-hydrogen) atoms. The number of rotatable bonds is 6. The Labute approximate surface area is 210 Å². The van der Waals surface area contributed by atoms with Crippen LogP contribution in [0.3, 0.4) is 0 Å². The first kappa shape index (κ1) is 23.5. The topological polar surface area (TPSA) is 61.8 Å². The van der Waals surface area contributed by atoms with E-state index in [1.54, 1.807) is 47.5 Å². The Kier molecular flexibility index (Phi) is 7.14. The average Bonchev–Trinajstić information content (AvgIpc) is 3.17. The molecule has 1 atom stereocenters. The van der Waals surface area contributed by atoms with E-state index in [9.17, 15) is 8.42 Å². The molecule has 1 N–H and O–H groups in total. The lowest BCUT2D eigenvalue weighted by molar-refractivity contribution is 0.585. The molecule has 1 aliphatic rings. The van der Waals surface area contributed by atoms with Crippen molar-refractivity contribution in [3.8, 4) is 0 Å². The molecule has 1 heterocycles. The zero-order valence-corrected chi connectivity index (χ0v) is 21.1. The fraction of sp³-hybridized carbons (Fsp3) is 0.136. The maximum atomic E-state index is 12.8. The number of anilines is 1. The van der Waals surface area contributed by atoms with Crippen LogP contribution in [0.5, 0.6) is 0 Å². The molecule has 0 saturated heterocycles. The molecular weight excluding hydrogens is 557 g/mol. The molecule has 0 aliphatic carbocycles. The van der Waals surface area contributed by atoms with Crippen LogP contribution in [0.1, 0.15) is 18.0 Å². The molecule has 1 unspecified atom stereocenters. The standard InChI is InChI=1S/C22H17BrCl3N3O2S/c23-18-3-1-2-4-22(18)32(30,31)27-13-17-12-21(14-5-7-15(24)8-6-14)29(28-17)20-10-9-16(25)11-19(20)26/h1-11,21,27H,12-13H2. The van der Waals surface area contributed by atoms with E-state index in [0.29, 0.717) is 37.4 Å². The number of nitrogens with zero attached hydrogens (tertiary/aromatic N) is 2. The van der Waals surface area contributed by atoms with Gasteiger partial charge in [-0.05, 0) is 64.0 Å². The Balaban J connectivity index is 1.62. The Bertz CT molecular complexity index is 1280. The van der Waals surface area contributed by atoms with Gasteiger partial charge in [0.15, 0.2) is 0 Å². The number of benzene rings is 3. The Morgan fingerprint density at radius 2 is 1.69 bits per heavy atom. The van der Waals surface area contributed by atoms with Crippen LogP contribution in [0.2, 0.25) is 15.1 Å². The van der Waals surface area contributed by atoms with E-state index in [0.717, 1.165) is 5.56 Å². The highest BCUT2D eigenvalue weighted by molar-refractivity contribution is 9.10. The van der Waals surface area contributed by atoms with Crippen molar-refractivity contribution in [3.63, 3.8) is 0 Å². The van der Waals surface area contributed by atoms with Crippen LogP contribution in [-0.4, -0.2) is 20.7 Å². The molecule has 0 fully saturated rings. The molecule has 0 radical (unpaired) electrons. The molecule has 3 aromatic rings. The molecule has 3 aromatic carbocycles. The van der Waals surface area contributed by atoms with Crippen molar-refractivity contribution >= 4 is 72.2 Å². The predicted molar refractivity (Wildman–Crippen MR) is 135 cm³/mol. The van der Waals surface area contributed by atoms with E-state index < -0.39 is 10.0 Å². The maximum Gasteiger partial charge on any atom is 0.242 e. The lowest BCUT2D eigenvalue weighted by Crippen LogP contribution is -2.29. The second kappa shape index (κ2) is 9.71. The summed E-state index contributed by atoms with van der Waals surface area (Å²) >= 11 is 21.9. The van der Waals surface area contributed by atoms with Gasteiger partial charge < -0.3 is 0 Å². The molecule has 0 aromatic heterocycles. The van der Waals surface area contributed by atoms with Crippen LogP contribution in [0.4, 0.5) is 5.69 Å². The number of hydrogen-bond acceptors (Lipinski definition) is 4. The maximum absolute atomic E-state index is 12.8. The van der Waals surface area contributed by atoms with Gasteiger partial charge in [-0.2, -0.15) is 5.10 Å². The summed E-state index contributed by atoms with van der Waals surface area (Å²) in [6, 6.07) is 19.1. The van der Waals surface area contributed by atoms with Crippen LogP contribution in [0.25, 0.3) is 0 Å². The lowest BCUT2D eigenvalue weighted by Gasteiger charge is -2.25. The molecule has 10 heteroatoms. The minimum atomic E-state index is -3.72. The smallest absolute Gasteiger partial charge is 0.242 e. The van der Waals surface area contributed by atoms with Gasteiger partial charge in [0.05, 0.1) is 33.9 Å². The van der Waals surface area contributed by atoms with Crippen molar-refractivity contribution < 1.29 is 8.42 Å². The highest BCUT2D eigenvalue weighted by Crippen LogP contribution is 2.39. The molecule has 0 saturated carbocycles. The van der Waals surface area contributed by atoms with Gasteiger partial charge in [-0.1, -0.05) is 59.1 Å². The third kappa shape index (κ3) is 5.14. The molecule has 0 amide bonds. The van der Waals surface area contributed by atoms with Gasteiger partial charge in [0.1, 0.15) is 0 Å². The fourth-order valence-corrected chi connectivity index (χ4v) is 6.07. The first-order valence-electron chi connectivity index (χ1n) is 9.55. The van der Waals surface area contributed by atoms with Gasteiger partial charge in [-0.3, -0.25) is 5.01 Å². The van der Waals surface area contributed by atoms with Crippen LogP contribution in [-0.2, 0) is 10.0 Å². The van der Waals surface area contributed by atoms with E-state index in [4.69, 9.17) is 39.9 Å². The molecule has 5 nitrogen and oxygen atoms in total. The summed E-state index contributed by atoms with van der Waals surface area (Å²) in [5, 5.41) is 8.10. The first-order chi connectivity index (χ1) is 15.2. The Hall–Kier alpha value is -1.61. The zero-order chi connectivity index (χ0) is 22.9. The van der Waals surface area contributed by atoms with Gasteiger partial charge in [-0.25, -0.2) is 13.1 Å². The van der Waals surface area contributed by atoms with Crippen LogP contribution < -0.4 is 9.73 Å². The van der Waals surface area contributed by atoms with Crippen molar-refractivity contribution in [1.82, 2.24) is 4.72 Å². The molecule has 4 rings (SSSR count). The average molecular weight is 574 g/mol. The van der Waals surface area contributed by atoms with E-state index >= 15 is 0 Å². The Morgan fingerprint density at radius 3 is 2.38 bits per heavy atom. The van der Waals surface area contributed by atoms with Crippen LogP contribution >= 0.6 is 50.7 Å². The van der Waals surface area contributed by atoms with Gasteiger partial charge in [0.25, 0.3) is 0 Å². The van der Waals surface area contributed by atoms with Crippen molar-refractivity contribution in [2.45, 2.75) is 17.4 Å². The van der Waals surface area contributed by atoms with Gasteiger partial charge in [0, 0.05) is 20.9 Å². The number of sulfonamides is 1. The highest BCUT2D eigenvalue weighted by atomic mass is 79.9. The summed E-state index contributed by atoms with van der Waals surface area (Å²) in [6.07, 6.45) is 0.513. The SMILES string of the molecule is O=S(=O)(NCC1=NN(c2ccc(Cl)cc2Cl)C(c2ccc(Cl)cc2)C1)c1ccccc1Br.